The van der Waals surface area contributed by atoms with Gasteiger partial charge < -0.3 is 5.32 Å². The molecule has 1 heteroatoms. The lowest BCUT2D eigenvalue weighted by Crippen LogP contribution is -2.27. The van der Waals surface area contributed by atoms with E-state index >= 15 is 0 Å². The third kappa shape index (κ3) is 5.89. The molecule has 0 aromatic heterocycles. The topological polar surface area (TPSA) is 12.0 Å². The van der Waals surface area contributed by atoms with Gasteiger partial charge in [-0.3, -0.25) is 0 Å². The predicted molar refractivity (Wildman–Crippen MR) is 94.6 cm³/mol. The number of hydrogen-bond donors (Lipinski definition) is 1. The largest absolute Gasteiger partial charge is 0.306 e. The molecule has 1 N–H and O–H groups in total. The molecule has 0 aliphatic carbocycles. The first-order chi connectivity index (χ1) is 10.1. The fourth-order valence-corrected chi connectivity index (χ4v) is 2.45. The van der Waals surface area contributed by atoms with Crippen LogP contribution in [0.15, 0.2) is 48.1 Å². The Morgan fingerprint density at radius 3 is 2.62 bits per heavy atom. The van der Waals surface area contributed by atoms with E-state index in [4.69, 9.17) is 0 Å². The molecule has 1 aromatic rings. The Morgan fingerprint density at radius 2 is 2.05 bits per heavy atom. The summed E-state index contributed by atoms with van der Waals surface area (Å²) < 4.78 is 0. The van der Waals surface area contributed by atoms with Crippen molar-refractivity contribution >= 4 is 0 Å². The second-order valence-corrected chi connectivity index (χ2v) is 5.88. The molecule has 0 heterocycles. The van der Waals surface area contributed by atoms with Gasteiger partial charge in [0.05, 0.1) is 6.04 Å². The first kappa shape index (κ1) is 17.7. The van der Waals surface area contributed by atoms with Gasteiger partial charge >= 0.3 is 0 Å². The summed E-state index contributed by atoms with van der Waals surface area (Å²) in [6.45, 7) is 12.1. The summed E-state index contributed by atoms with van der Waals surface area (Å²) in [5.74, 6) is 0.700. The zero-order valence-electron chi connectivity index (χ0n) is 14.3. The van der Waals surface area contributed by atoms with Gasteiger partial charge in [-0.05, 0) is 43.9 Å². The van der Waals surface area contributed by atoms with Crippen molar-refractivity contribution < 1.29 is 0 Å². The van der Waals surface area contributed by atoms with Crippen LogP contribution in [0.5, 0.6) is 0 Å². The molecule has 1 aromatic carbocycles. The number of nitrogens with one attached hydrogen (secondary N) is 1. The molecule has 0 aliphatic heterocycles. The fourth-order valence-electron chi connectivity index (χ4n) is 2.45. The normalized spacial score (nSPS) is 15.4. The fraction of sp³-hybridized carbons (Fsp3) is 0.500. The molecular weight excluding hydrogens is 254 g/mol. The first-order valence-corrected chi connectivity index (χ1v) is 8.25. The molecule has 1 nitrogen and oxygen atoms in total. The van der Waals surface area contributed by atoms with Crippen molar-refractivity contribution in [3.63, 3.8) is 0 Å². The minimum atomic E-state index is 0.287. The van der Waals surface area contributed by atoms with Gasteiger partial charge in [0.25, 0.3) is 0 Å². The number of allylic oxidation sites excluding steroid dienone is 2. The minimum Gasteiger partial charge on any atom is -0.306 e. The third-order valence-corrected chi connectivity index (χ3v) is 3.88. The van der Waals surface area contributed by atoms with Gasteiger partial charge in [-0.1, -0.05) is 75.2 Å². The van der Waals surface area contributed by atoms with Crippen molar-refractivity contribution in [2.45, 2.75) is 53.5 Å². The predicted octanol–water partition coefficient (Wildman–Crippen LogP) is 5.58. The molecule has 0 saturated heterocycles. The molecule has 2 atom stereocenters. The van der Waals surface area contributed by atoms with E-state index in [1.54, 1.807) is 0 Å². The Balaban J connectivity index is 3.06. The highest BCUT2D eigenvalue weighted by Gasteiger charge is 2.15. The Morgan fingerprint density at radius 1 is 1.29 bits per heavy atom. The van der Waals surface area contributed by atoms with Crippen LogP contribution in [-0.2, 0) is 0 Å². The second-order valence-electron chi connectivity index (χ2n) is 5.88. The molecule has 0 saturated carbocycles. The average molecular weight is 285 g/mol. The van der Waals surface area contributed by atoms with Crippen LogP contribution in [-0.4, -0.2) is 6.54 Å². The van der Waals surface area contributed by atoms with E-state index in [1.807, 2.05) is 0 Å². The Labute approximate surface area is 131 Å². The van der Waals surface area contributed by atoms with Gasteiger partial charge in [0, 0.05) is 0 Å². The van der Waals surface area contributed by atoms with Crippen molar-refractivity contribution in [2.24, 2.45) is 5.92 Å². The summed E-state index contributed by atoms with van der Waals surface area (Å²) in [7, 11) is 0. The molecule has 0 bridgehead atoms. The maximum atomic E-state index is 3.76. The van der Waals surface area contributed by atoms with E-state index in [0.29, 0.717) is 5.92 Å². The van der Waals surface area contributed by atoms with Crippen LogP contribution < -0.4 is 5.32 Å². The van der Waals surface area contributed by atoms with Gasteiger partial charge in [-0.25, -0.2) is 0 Å². The van der Waals surface area contributed by atoms with Crippen molar-refractivity contribution in [1.29, 1.82) is 0 Å². The quantitative estimate of drug-likeness (QED) is 0.614. The third-order valence-electron chi connectivity index (χ3n) is 3.88. The maximum Gasteiger partial charge on any atom is 0.0573 e. The van der Waals surface area contributed by atoms with E-state index < -0.39 is 0 Å². The summed E-state index contributed by atoms with van der Waals surface area (Å²) in [5.41, 5.74) is 4.05. The molecule has 0 amide bonds. The minimum absolute atomic E-state index is 0.287. The van der Waals surface area contributed by atoms with E-state index in [2.05, 4.69) is 82.4 Å². The van der Waals surface area contributed by atoms with E-state index in [0.717, 1.165) is 13.0 Å². The van der Waals surface area contributed by atoms with E-state index in [-0.39, 0.29) is 6.04 Å². The molecule has 21 heavy (non-hydrogen) atoms. The van der Waals surface area contributed by atoms with Crippen LogP contribution in [0, 0.1) is 12.8 Å². The highest BCUT2D eigenvalue weighted by atomic mass is 14.9. The molecule has 0 aliphatic rings. The van der Waals surface area contributed by atoms with Crippen LogP contribution in [0.4, 0.5) is 0 Å². The first-order valence-electron chi connectivity index (χ1n) is 8.25. The molecule has 116 valence electrons. The molecule has 0 fully saturated rings. The maximum absolute atomic E-state index is 3.76. The molecule has 1 rings (SSSR count). The number of hydrogen-bond acceptors (Lipinski definition) is 1. The van der Waals surface area contributed by atoms with Crippen molar-refractivity contribution in [3.8, 4) is 0 Å². The monoisotopic (exact) mass is 285 g/mol. The lowest BCUT2D eigenvalue weighted by molar-refractivity contribution is 0.472. The van der Waals surface area contributed by atoms with Gasteiger partial charge in [-0.2, -0.15) is 0 Å². The smallest absolute Gasteiger partial charge is 0.0573 e. The van der Waals surface area contributed by atoms with Gasteiger partial charge in [-0.15, -0.1) is 0 Å². The number of benzene rings is 1. The summed E-state index contributed by atoms with van der Waals surface area (Å²) in [6.07, 6.45) is 8.98. The highest BCUT2D eigenvalue weighted by Crippen LogP contribution is 2.24. The molecule has 2 unspecified atom stereocenters. The SMILES string of the molecule is C/C=C\C(=C/CC)C(NCC(C)CC)c1cccc(C)c1. The van der Waals surface area contributed by atoms with Crippen LogP contribution in [0.3, 0.4) is 0 Å². The van der Waals surface area contributed by atoms with Crippen molar-refractivity contribution in [1.82, 2.24) is 5.32 Å². The van der Waals surface area contributed by atoms with Crippen LogP contribution >= 0.6 is 0 Å². The average Bonchev–Trinajstić information content (AvgIpc) is 2.47. The molecule has 0 radical (unpaired) electrons. The summed E-state index contributed by atoms with van der Waals surface area (Å²) in [6, 6.07) is 9.13. The highest BCUT2D eigenvalue weighted by molar-refractivity contribution is 5.36. The molecule has 0 spiro atoms. The zero-order chi connectivity index (χ0) is 15.7. The lowest BCUT2D eigenvalue weighted by Gasteiger charge is -2.23. The van der Waals surface area contributed by atoms with Crippen LogP contribution in [0.25, 0.3) is 0 Å². The molecular formula is C20H31N. The van der Waals surface area contributed by atoms with Crippen molar-refractivity contribution in [3.05, 3.63) is 59.2 Å². The van der Waals surface area contributed by atoms with Crippen molar-refractivity contribution in [2.75, 3.05) is 6.54 Å². The van der Waals surface area contributed by atoms with Crippen LogP contribution in [0.2, 0.25) is 0 Å². The number of rotatable bonds is 8. The zero-order valence-corrected chi connectivity index (χ0v) is 14.3. The summed E-state index contributed by atoms with van der Waals surface area (Å²) in [5, 5.41) is 3.76. The second kappa shape index (κ2) is 9.57. The Kier molecular flexibility index (Phi) is 8.07. The van der Waals surface area contributed by atoms with Gasteiger partial charge in [0.1, 0.15) is 0 Å². The van der Waals surface area contributed by atoms with E-state index in [9.17, 15) is 0 Å². The van der Waals surface area contributed by atoms with Gasteiger partial charge in [0.15, 0.2) is 0 Å². The summed E-state index contributed by atoms with van der Waals surface area (Å²) in [4.78, 5) is 0. The van der Waals surface area contributed by atoms with E-state index in [1.165, 1.54) is 23.1 Å². The van der Waals surface area contributed by atoms with Gasteiger partial charge in [0.2, 0.25) is 0 Å². The Hall–Kier alpha value is -1.34. The summed E-state index contributed by atoms with van der Waals surface area (Å²) >= 11 is 0. The van der Waals surface area contributed by atoms with Crippen LogP contribution in [0.1, 0.15) is 57.7 Å². The standard InChI is InChI=1S/C20H31N/c1-6-10-18(11-7-2)20(21-15-16(4)8-3)19-13-9-12-17(5)14-19/h6,9-14,16,20-21H,7-8,15H2,1-5H3/b10-6-,18-11+. The Bertz CT molecular complexity index is 470. The lowest BCUT2D eigenvalue weighted by atomic mass is 9.95. The number of aryl methyl sites for hydroxylation is 1.